The minimum Gasteiger partial charge on any atom is -0.481 e. The number of carbonyl (C=O) groups is 2. The molecular weight excluding hydrogens is 440 g/mol. The van der Waals surface area contributed by atoms with Gasteiger partial charge in [-0.05, 0) is 56.2 Å². The molecule has 1 amide bonds. The van der Waals surface area contributed by atoms with Crippen molar-refractivity contribution in [3.63, 3.8) is 0 Å². The largest absolute Gasteiger partial charge is 0.481 e. The highest BCUT2D eigenvalue weighted by Crippen LogP contribution is 2.42. The van der Waals surface area contributed by atoms with Crippen LogP contribution in [-0.4, -0.2) is 39.5 Å². The van der Waals surface area contributed by atoms with E-state index in [1.807, 2.05) is 17.9 Å². The smallest absolute Gasteiger partial charge is 0.306 e. The lowest BCUT2D eigenvalue weighted by Crippen LogP contribution is -2.53. The van der Waals surface area contributed by atoms with Crippen molar-refractivity contribution in [3.8, 4) is 12.3 Å². The second-order valence-corrected chi connectivity index (χ2v) is 9.29. The zero-order chi connectivity index (χ0) is 23.5. The number of hydrogen-bond acceptors (Lipinski definition) is 3. The molecule has 2 N–H and O–H groups in total. The summed E-state index contributed by atoms with van der Waals surface area (Å²) in [5.41, 5.74) is 2.08. The van der Waals surface area contributed by atoms with E-state index in [1.54, 1.807) is 24.6 Å². The molecule has 1 saturated carbocycles. The number of H-pyrrole nitrogens is 1. The molecule has 2 aromatic rings. The van der Waals surface area contributed by atoms with Crippen LogP contribution in [0.1, 0.15) is 73.9 Å². The fraction of sp³-hybridized carbons (Fsp3) is 0.462. The minimum absolute atomic E-state index is 0.00291. The maximum atomic E-state index is 13.7. The van der Waals surface area contributed by atoms with E-state index in [-0.39, 0.29) is 36.1 Å². The first-order chi connectivity index (χ1) is 16.0. The van der Waals surface area contributed by atoms with E-state index >= 15 is 0 Å². The Morgan fingerprint density at radius 3 is 2.88 bits per heavy atom. The number of furan rings is 1. The van der Waals surface area contributed by atoms with Gasteiger partial charge in [0.2, 0.25) is 5.91 Å². The topological polar surface area (TPSA) is 86.5 Å². The second kappa shape index (κ2) is 9.93. The fourth-order valence-corrected chi connectivity index (χ4v) is 5.88. The van der Waals surface area contributed by atoms with E-state index in [1.165, 1.54) is 0 Å². The summed E-state index contributed by atoms with van der Waals surface area (Å²) in [6.45, 7) is 2.49. The molecule has 2 fully saturated rings. The van der Waals surface area contributed by atoms with Crippen molar-refractivity contribution in [2.24, 2.45) is 11.8 Å². The van der Waals surface area contributed by atoms with Crippen molar-refractivity contribution in [2.75, 3.05) is 6.54 Å². The van der Waals surface area contributed by atoms with Gasteiger partial charge in [-0.25, -0.2) is 0 Å². The molecule has 174 valence electrons. The average Bonchev–Trinajstić information content (AvgIpc) is 3.51. The van der Waals surface area contributed by atoms with Crippen LogP contribution in [0.4, 0.5) is 0 Å². The van der Waals surface area contributed by atoms with Gasteiger partial charge in [-0.15, -0.1) is 6.42 Å². The summed E-state index contributed by atoms with van der Waals surface area (Å²) in [6, 6.07) is 3.63. The molecule has 0 bridgehead atoms. The summed E-state index contributed by atoms with van der Waals surface area (Å²) in [5, 5.41) is 10.2. The van der Waals surface area contributed by atoms with Crippen LogP contribution in [-0.2, 0) is 9.59 Å². The molecule has 4 atom stereocenters. The number of carboxylic acids is 1. The molecule has 2 aliphatic rings. The lowest BCUT2D eigenvalue weighted by molar-refractivity contribution is -0.152. The van der Waals surface area contributed by atoms with E-state index in [4.69, 9.17) is 22.4 Å². The van der Waals surface area contributed by atoms with Gasteiger partial charge in [-0.1, -0.05) is 30.0 Å². The summed E-state index contributed by atoms with van der Waals surface area (Å²) in [7, 11) is 0. The summed E-state index contributed by atoms with van der Waals surface area (Å²) in [6.07, 6.45) is 15.1. The van der Waals surface area contributed by atoms with E-state index in [0.717, 1.165) is 31.2 Å². The number of nitrogens with one attached hydrogen (secondary N) is 1. The summed E-state index contributed by atoms with van der Waals surface area (Å²) in [4.78, 5) is 30.5. The predicted molar refractivity (Wildman–Crippen MR) is 127 cm³/mol. The number of nitrogens with zero attached hydrogens (tertiary/aromatic N) is 1. The van der Waals surface area contributed by atoms with Gasteiger partial charge in [0.25, 0.3) is 0 Å². The van der Waals surface area contributed by atoms with Crippen molar-refractivity contribution < 1.29 is 19.1 Å². The molecular formula is C26H29ClN2O4. The van der Waals surface area contributed by atoms with Crippen LogP contribution in [0.2, 0.25) is 0 Å². The van der Waals surface area contributed by atoms with Gasteiger partial charge in [0.1, 0.15) is 5.76 Å². The van der Waals surface area contributed by atoms with E-state index < -0.39 is 5.97 Å². The van der Waals surface area contributed by atoms with E-state index in [9.17, 15) is 14.7 Å². The number of carboxylic acid groups (broad SMARTS) is 1. The zero-order valence-electron chi connectivity index (χ0n) is 18.7. The van der Waals surface area contributed by atoms with Gasteiger partial charge in [-0.2, -0.15) is 0 Å². The SMILES string of the molecule is C#Cc1[nH]cc(C(CC(=O)N2CCCC3C(C(=O)O)CCCC32)c2ccco2)c1/C(Cl)=C\C. The number of carbonyl (C=O) groups excluding carboxylic acids is 1. The van der Waals surface area contributed by atoms with Gasteiger partial charge < -0.3 is 19.4 Å². The second-order valence-electron chi connectivity index (χ2n) is 8.88. The van der Waals surface area contributed by atoms with Crippen molar-refractivity contribution in [3.05, 3.63) is 53.2 Å². The number of aromatic nitrogens is 1. The maximum absolute atomic E-state index is 13.7. The van der Waals surface area contributed by atoms with Crippen molar-refractivity contribution in [1.29, 1.82) is 0 Å². The Morgan fingerprint density at radius 1 is 1.39 bits per heavy atom. The van der Waals surface area contributed by atoms with E-state index in [0.29, 0.717) is 35.0 Å². The highest BCUT2D eigenvalue weighted by molar-refractivity contribution is 6.49. The van der Waals surface area contributed by atoms with Crippen LogP contribution in [0.5, 0.6) is 0 Å². The third-order valence-corrected chi connectivity index (χ3v) is 7.60. The first-order valence-corrected chi connectivity index (χ1v) is 11.9. The number of aromatic amines is 1. The number of halogens is 1. The number of likely N-dealkylation sites (tertiary alicyclic amines) is 1. The molecule has 4 rings (SSSR count). The van der Waals surface area contributed by atoms with Crippen molar-refractivity contribution in [2.45, 2.75) is 57.4 Å². The number of piperidine rings is 1. The third-order valence-electron chi connectivity index (χ3n) is 7.19. The minimum atomic E-state index is -0.743. The van der Waals surface area contributed by atoms with Gasteiger partial charge in [0, 0.05) is 35.8 Å². The Morgan fingerprint density at radius 2 is 2.21 bits per heavy atom. The molecule has 1 saturated heterocycles. The Balaban J connectivity index is 1.65. The molecule has 2 aromatic heterocycles. The van der Waals surface area contributed by atoms with Crippen molar-refractivity contribution in [1.82, 2.24) is 9.88 Å². The van der Waals surface area contributed by atoms with Crippen LogP contribution in [0.3, 0.4) is 0 Å². The van der Waals surface area contributed by atoms with Gasteiger partial charge in [0.15, 0.2) is 0 Å². The summed E-state index contributed by atoms with van der Waals surface area (Å²) < 4.78 is 5.73. The molecule has 0 radical (unpaired) electrons. The normalized spacial score (nSPS) is 24.1. The lowest BCUT2D eigenvalue weighted by Gasteiger charge is -2.46. The molecule has 1 aliphatic heterocycles. The average molecular weight is 469 g/mol. The quantitative estimate of drug-likeness (QED) is 0.570. The van der Waals surface area contributed by atoms with Crippen LogP contribution >= 0.6 is 11.6 Å². The number of rotatable bonds is 6. The summed E-state index contributed by atoms with van der Waals surface area (Å²) >= 11 is 6.51. The van der Waals surface area contributed by atoms with Crippen LogP contribution < -0.4 is 0 Å². The molecule has 7 heteroatoms. The molecule has 1 aliphatic carbocycles. The van der Waals surface area contributed by atoms with E-state index in [2.05, 4.69) is 10.9 Å². The maximum Gasteiger partial charge on any atom is 0.306 e. The van der Waals surface area contributed by atoms with Crippen molar-refractivity contribution >= 4 is 28.5 Å². The highest BCUT2D eigenvalue weighted by atomic mass is 35.5. The third kappa shape index (κ3) is 4.47. The van der Waals surface area contributed by atoms with Gasteiger partial charge in [-0.3, -0.25) is 9.59 Å². The van der Waals surface area contributed by atoms with Crippen LogP contribution in [0.25, 0.3) is 5.03 Å². The Kier molecular flexibility index (Phi) is 6.99. The molecule has 6 nitrogen and oxygen atoms in total. The highest BCUT2D eigenvalue weighted by Gasteiger charge is 2.44. The lowest BCUT2D eigenvalue weighted by atomic mass is 9.71. The first kappa shape index (κ1) is 23.3. The number of fused-ring (bicyclic) bond motifs is 1. The number of terminal acetylenes is 1. The Labute approximate surface area is 199 Å². The van der Waals surface area contributed by atoms with Crippen LogP contribution in [0, 0.1) is 24.2 Å². The Bertz CT molecular complexity index is 1080. The summed E-state index contributed by atoms with van der Waals surface area (Å²) in [5.74, 6) is 1.84. The zero-order valence-corrected chi connectivity index (χ0v) is 19.5. The Hall–Kier alpha value is -2.91. The number of aliphatic carboxylic acids is 1. The van der Waals surface area contributed by atoms with Crippen LogP contribution in [0.15, 0.2) is 35.1 Å². The number of amides is 1. The van der Waals surface area contributed by atoms with Gasteiger partial charge in [0.05, 0.1) is 23.8 Å². The van der Waals surface area contributed by atoms with Gasteiger partial charge >= 0.3 is 5.97 Å². The molecule has 0 aromatic carbocycles. The predicted octanol–water partition coefficient (Wildman–Crippen LogP) is 5.20. The standard InChI is InChI=1S/C26H29ClN2O4/c1-3-20(27)25-19(15-28-21(25)4-2)18(23-11-7-13-33-23)14-24(30)29-12-6-9-16-17(26(31)32)8-5-10-22(16)29/h2-3,7,11,13,15-18,22,28H,5-6,8-10,12,14H2,1H3,(H,31,32)/b20-3+. The molecule has 0 spiro atoms. The monoisotopic (exact) mass is 468 g/mol. The first-order valence-electron chi connectivity index (χ1n) is 11.5. The number of allylic oxidation sites excluding steroid dienone is 1. The fourth-order valence-electron chi connectivity index (χ4n) is 5.68. The molecule has 33 heavy (non-hydrogen) atoms. The molecule has 3 heterocycles. The molecule has 4 unspecified atom stereocenters. The number of hydrogen-bond donors (Lipinski definition) is 2.